The summed E-state index contributed by atoms with van der Waals surface area (Å²) in [5.74, 6) is -0.172. The van der Waals surface area contributed by atoms with E-state index in [9.17, 15) is 16.8 Å². The van der Waals surface area contributed by atoms with E-state index < -0.39 is 25.1 Å². The predicted molar refractivity (Wildman–Crippen MR) is 88.5 cm³/mol. The van der Waals surface area contributed by atoms with Crippen LogP contribution < -0.4 is 0 Å². The van der Waals surface area contributed by atoms with Crippen molar-refractivity contribution in [2.24, 2.45) is 0 Å². The molecule has 1 unspecified atom stereocenters. The Morgan fingerprint density at radius 2 is 2.04 bits per heavy atom. The van der Waals surface area contributed by atoms with Crippen molar-refractivity contribution in [2.45, 2.75) is 16.6 Å². The van der Waals surface area contributed by atoms with Gasteiger partial charge in [-0.2, -0.15) is 4.31 Å². The molecular formula is C14H16N2O4S3. The van der Waals surface area contributed by atoms with Gasteiger partial charge in [0.05, 0.1) is 11.0 Å². The van der Waals surface area contributed by atoms with Crippen molar-refractivity contribution in [3.8, 4) is 0 Å². The van der Waals surface area contributed by atoms with Crippen molar-refractivity contribution in [1.82, 2.24) is 9.29 Å². The summed E-state index contributed by atoms with van der Waals surface area (Å²) in [7, 11) is -7.09. The summed E-state index contributed by atoms with van der Waals surface area (Å²) in [6.07, 6.45) is 3.05. The maximum absolute atomic E-state index is 12.6. The number of nitrogens with zero attached hydrogens (tertiary/aromatic N) is 2. The largest absolute Gasteiger partial charge is 0.263 e. The average molecular weight is 372 g/mol. The normalized spacial score (nSPS) is 22.5. The second-order valence-electron chi connectivity index (χ2n) is 5.25. The molecule has 0 aromatic carbocycles. The number of hydrogen-bond donors (Lipinski definition) is 0. The highest BCUT2D eigenvalue weighted by Crippen LogP contribution is 2.33. The first-order valence-corrected chi connectivity index (χ1v) is 11.1. The van der Waals surface area contributed by atoms with Crippen LogP contribution in [-0.2, 0) is 19.9 Å². The van der Waals surface area contributed by atoms with E-state index in [2.05, 4.69) is 4.98 Å². The molecule has 0 N–H and O–H groups in total. The highest BCUT2D eigenvalue weighted by molar-refractivity contribution is 7.92. The zero-order valence-electron chi connectivity index (χ0n) is 12.2. The number of rotatable bonds is 3. The van der Waals surface area contributed by atoms with E-state index in [1.807, 2.05) is 11.4 Å². The minimum Gasteiger partial charge on any atom is -0.263 e. The monoisotopic (exact) mass is 372 g/mol. The molecule has 3 heterocycles. The van der Waals surface area contributed by atoms with Gasteiger partial charge in [0.25, 0.3) is 0 Å². The summed E-state index contributed by atoms with van der Waals surface area (Å²) < 4.78 is 51.5. The van der Waals surface area contributed by atoms with Gasteiger partial charge in [0, 0.05) is 30.4 Å². The molecule has 0 amide bonds. The van der Waals surface area contributed by atoms with Crippen LogP contribution in [-0.4, -0.2) is 45.0 Å². The SMILES string of the molecule is O=S1(=O)CCN(S(=O)(=O)c2cccnc2)CCC1c1cccs1. The summed E-state index contributed by atoms with van der Waals surface area (Å²) in [5, 5.41) is 1.21. The van der Waals surface area contributed by atoms with Crippen LogP contribution in [0.25, 0.3) is 0 Å². The van der Waals surface area contributed by atoms with Crippen LogP contribution in [0.15, 0.2) is 46.9 Å². The molecule has 2 aromatic rings. The standard InChI is InChI=1S/C14H16N2O4S3/c17-22(18)10-8-16(7-5-14(22)13-4-2-9-21-13)23(19,20)12-3-1-6-15-11-12/h1-4,6,9,11,14H,5,7-8,10H2. The number of sulfonamides is 1. The van der Waals surface area contributed by atoms with E-state index in [0.29, 0.717) is 0 Å². The van der Waals surface area contributed by atoms with Crippen molar-refractivity contribution < 1.29 is 16.8 Å². The van der Waals surface area contributed by atoms with E-state index in [1.54, 1.807) is 12.1 Å². The number of hydrogen-bond acceptors (Lipinski definition) is 6. The molecular weight excluding hydrogens is 356 g/mol. The molecule has 0 bridgehead atoms. The fourth-order valence-corrected chi connectivity index (χ4v) is 7.15. The fourth-order valence-electron chi connectivity index (χ4n) is 2.61. The van der Waals surface area contributed by atoms with Gasteiger partial charge >= 0.3 is 0 Å². The first-order chi connectivity index (χ1) is 10.9. The summed E-state index contributed by atoms with van der Waals surface area (Å²) >= 11 is 1.39. The minimum atomic E-state index is -3.72. The van der Waals surface area contributed by atoms with E-state index in [-0.39, 0.29) is 30.2 Å². The topological polar surface area (TPSA) is 84.4 Å². The highest BCUT2D eigenvalue weighted by atomic mass is 32.2. The summed E-state index contributed by atoms with van der Waals surface area (Å²) in [4.78, 5) is 4.69. The summed E-state index contributed by atoms with van der Waals surface area (Å²) in [5.41, 5.74) is 0. The lowest BCUT2D eigenvalue weighted by Gasteiger charge is -2.19. The zero-order valence-corrected chi connectivity index (χ0v) is 14.6. The lowest BCUT2D eigenvalue weighted by molar-refractivity contribution is 0.428. The summed E-state index contributed by atoms with van der Waals surface area (Å²) in [6.45, 7) is 0.153. The van der Waals surface area contributed by atoms with Crippen LogP contribution in [0.2, 0.25) is 0 Å². The fraction of sp³-hybridized carbons (Fsp3) is 0.357. The van der Waals surface area contributed by atoms with Gasteiger partial charge in [-0.25, -0.2) is 16.8 Å². The molecule has 1 fully saturated rings. The van der Waals surface area contributed by atoms with Crippen molar-refractivity contribution in [3.63, 3.8) is 0 Å². The van der Waals surface area contributed by atoms with Gasteiger partial charge in [0.1, 0.15) is 4.90 Å². The van der Waals surface area contributed by atoms with Gasteiger partial charge in [-0.05, 0) is 30.0 Å². The van der Waals surface area contributed by atoms with Crippen LogP contribution in [0.5, 0.6) is 0 Å². The molecule has 0 saturated carbocycles. The van der Waals surface area contributed by atoms with Crippen LogP contribution in [0, 0.1) is 0 Å². The van der Waals surface area contributed by atoms with Gasteiger partial charge in [-0.1, -0.05) is 6.07 Å². The second-order valence-corrected chi connectivity index (χ2v) is 10.5. The molecule has 1 aliphatic rings. The molecule has 1 atom stereocenters. The Morgan fingerprint density at radius 1 is 1.22 bits per heavy atom. The Labute approximate surface area is 139 Å². The molecule has 124 valence electrons. The molecule has 3 rings (SSSR count). The number of thiophene rings is 1. The van der Waals surface area contributed by atoms with E-state index in [0.717, 1.165) is 4.88 Å². The van der Waals surface area contributed by atoms with E-state index in [4.69, 9.17) is 0 Å². The molecule has 1 aliphatic heterocycles. The molecule has 0 spiro atoms. The van der Waals surface area contributed by atoms with Crippen LogP contribution in [0.4, 0.5) is 0 Å². The van der Waals surface area contributed by atoms with Crippen LogP contribution >= 0.6 is 11.3 Å². The molecule has 2 aromatic heterocycles. The molecule has 6 nitrogen and oxygen atoms in total. The van der Waals surface area contributed by atoms with Gasteiger partial charge in [-0.15, -0.1) is 11.3 Å². The van der Waals surface area contributed by atoms with Crippen molar-refractivity contribution in [2.75, 3.05) is 18.8 Å². The van der Waals surface area contributed by atoms with Gasteiger partial charge < -0.3 is 0 Å². The van der Waals surface area contributed by atoms with Crippen molar-refractivity contribution in [3.05, 3.63) is 46.9 Å². The molecule has 9 heteroatoms. The maximum Gasteiger partial charge on any atom is 0.244 e. The molecule has 23 heavy (non-hydrogen) atoms. The van der Waals surface area contributed by atoms with Crippen LogP contribution in [0.3, 0.4) is 0 Å². The molecule has 0 radical (unpaired) electrons. The number of aromatic nitrogens is 1. The Bertz CT molecular complexity index is 862. The Kier molecular flexibility index (Phi) is 4.54. The number of sulfone groups is 1. The van der Waals surface area contributed by atoms with Crippen molar-refractivity contribution in [1.29, 1.82) is 0 Å². The third-order valence-electron chi connectivity index (χ3n) is 3.83. The minimum absolute atomic E-state index is 0.0264. The first kappa shape index (κ1) is 16.6. The van der Waals surface area contributed by atoms with E-state index in [1.165, 1.54) is 34.1 Å². The van der Waals surface area contributed by atoms with Crippen LogP contribution in [0.1, 0.15) is 16.5 Å². The zero-order chi connectivity index (χ0) is 16.5. The Morgan fingerprint density at radius 3 is 2.70 bits per heavy atom. The van der Waals surface area contributed by atoms with E-state index >= 15 is 0 Å². The maximum atomic E-state index is 12.6. The Hall–Kier alpha value is -1.29. The van der Waals surface area contributed by atoms with Gasteiger partial charge in [0.2, 0.25) is 10.0 Å². The third-order valence-corrected chi connectivity index (χ3v) is 8.96. The first-order valence-electron chi connectivity index (χ1n) is 7.06. The lowest BCUT2D eigenvalue weighted by Crippen LogP contribution is -2.33. The third kappa shape index (κ3) is 3.32. The van der Waals surface area contributed by atoms with Crippen molar-refractivity contribution >= 4 is 31.2 Å². The Balaban J connectivity index is 1.89. The summed E-state index contributed by atoms with van der Waals surface area (Å²) in [6, 6.07) is 6.62. The van der Waals surface area contributed by atoms with Gasteiger partial charge in [0.15, 0.2) is 9.84 Å². The smallest absolute Gasteiger partial charge is 0.244 e. The van der Waals surface area contributed by atoms with Gasteiger partial charge in [-0.3, -0.25) is 4.98 Å². The lowest BCUT2D eigenvalue weighted by atomic mass is 10.2. The quantitative estimate of drug-likeness (QED) is 0.819. The highest BCUT2D eigenvalue weighted by Gasteiger charge is 2.36. The number of pyridine rings is 1. The second kappa shape index (κ2) is 6.31. The predicted octanol–water partition coefficient (Wildman–Crippen LogP) is 1.69. The average Bonchev–Trinajstić information content (AvgIpc) is 2.99. The molecule has 0 aliphatic carbocycles. The molecule has 1 saturated heterocycles.